The average Bonchev–Trinajstić information content (AvgIpc) is 2.27. The third kappa shape index (κ3) is 1.42. The Morgan fingerprint density at radius 2 is 1.85 bits per heavy atom. The second kappa shape index (κ2) is 3.10. The number of hydrogen-bond donors (Lipinski definition) is 0. The molecule has 0 atom stereocenters. The zero-order chi connectivity index (χ0) is 9.59. The normalized spacial score (nSPS) is 11.1. The number of halogens is 1. The van der Waals surface area contributed by atoms with Crippen molar-refractivity contribution in [2.75, 3.05) is 0 Å². The number of thiophene rings is 1. The minimum atomic E-state index is 1.26. The van der Waals surface area contributed by atoms with Gasteiger partial charge in [-0.15, -0.1) is 11.3 Å². The molecule has 0 amide bonds. The summed E-state index contributed by atoms with van der Waals surface area (Å²) < 4.78 is 2.65. The van der Waals surface area contributed by atoms with Crippen molar-refractivity contribution in [3.05, 3.63) is 32.6 Å². The summed E-state index contributed by atoms with van der Waals surface area (Å²) in [6.45, 7) is 6.50. The van der Waals surface area contributed by atoms with Crippen LogP contribution in [0.4, 0.5) is 0 Å². The van der Waals surface area contributed by atoms with Crippen LogP contribution in [0.5, 0.6) is 0 Å². The van der Waals surface area contributed by atoms with Crippen LogP contribution < -0.4 is 0 Å². The largest absolute Gasteiger partial charge is 0.128 e. The van der Waals surface area contributed by atoms with Crippen LogP contribution in [0.1, 0.15) is 16.7 Å². The van der Waals surface area contributed by atoms with Crippen molar-refractivity contribution in [3.8, 4) is 0 Å². The van der Waals surface area contributed by atoms with Gasteiger partial charge in [0, 0.05) is 4.70 Å². The summed E-state index contributed by atoms with van der Waals surface area (Å²) in [6, 6.07) is 4.50. The molecule has 2 rings (SSSR count). The lowest BCUT2D eigenvalue weighted by Crippen LogP contribution is -1.78. The molecule has 0 N–H and O–H groups in total. The molecule has 2 aromatic rings. The zero-order valence-corrected chi connectivity index (χ0v) is 10.3. The molecule has 0 aliphatic rings. The summed E-state index contributed by atoms with van der Waals surface area (Å²) in [6.07, 6.45) is 0. The molecule has 68 valence electrons. The maximum absolute atomic E-state index is 3.59. The van der Waals surface area contributed by atoms with Crippen LogP contribution in [0.2, 0.25) is 0 Å². The Kier molecular flexibility index (Phi) is 2.20. The van der Waals surface area contributed by atoms with Gasteiger partial charge in [-0.2, -0.15) is 0 Å². The summed E-state index contributed by atoms with van der Waals surface area (Å²) in [5.74, 6) is 0. The minimum absolute atomic E-state index is 1.26. The molecular weight excluding hydrogens is 244 g/mol. The molecule has 1 aromatic heterocycles. The van der Waals surface area contributed by atoms with E-state index < -0.39 is 0 Å². The predicted molar refractivity (Wildman–Crippen MR) is 63.7 cm³/mol. The van der Waals surface area contributed by atoms with Gasteiger partial charge in [0.05, 0.1) is 3.79 Å². The highest BCUT2D eigenvalue weighted by Crippen LogP contribution is 2.36. The molecule has 0 saturated carbocycles. The first-order valence-corrected chi connectivity index (χ1v) is 5.86. The Morgan fingerprint density at radius 1 is 1.15 bits per heavy atom. The quantitative estimate of drug-likeness (QED) is 0.645. The summed E-state index contributed by atoms with van der Waals surface area (Å²) in [5.41, 5.74) is 4.10. The van der Waals surface area contributed by atoms with Gasteiger partial charge in [0.1, 0.15) is 0 Å². The molecule has 1 aromatic carbocycles. The summed E-state index contributed by atoms with van der Waals surface area (Å²) in [4.78, 5) is 0. The van der Waals surface area contributed by atoms with Crippen molar-refractivity contribution in [1.82, 2.24) is 0 Å². The Morgan fingerprint density at radius 3 is 2.54 bits per heavy atom. The van der Waals surface area contributed by atoms with E-state index in [1.54, 1.807) is 0 Å². The van der Waals surface area contributed by atoms with Gasteiger partial charge in [-0.3, -0.25) is 0 Å². The van der Waals surface area contributed by atoms with Gasteiger partial charge in [0.25, 0.3) is 0 Å². The van der Waals surface area contributed by atoms with Gasteiger partial charge in [0.2, 0.25) is 0 Å². The number of rotatable bonds is 0. The van der Waals surface area contributed by atoms with Crippen LogP contribution in [0.25, 0.3) is 10.1 Å². The van der Waals surface area contributed by atoms with Gasteiger partial charge in [0.15, 0.2) is 0 Å². The maximum atomic E-state index is 3.59. The summed E-state index contributed by atoms with van der Waals surface area (Å²) in [7, 11) is 0. The van der Waals surface area contributed by atoms with Crippen molar-refractivity contribution < 1.29 is 0 Å². The number of benzene rings is 1. The SMILES string of the molecule is Cc1cc(C)c2c(C)c(Br)sc2c1. The van der Waals surface area contributed by atoms with Crippen LogP contribution in [0.15, 0.2) is 15.9 Å². The number of fused-ring (bicyclic) bond motifs is 1. The first-order valence-electron chi connectivity index (χ1n) is 4.25. The van der Waals surface area contributed by atoms with Gasteiger partial charge >= 0.3 is 0 Å². The van der Waals surface area contributed by atoms with Gasteiger partial charge in [-0.05, 0) is 64.8 Å². The van der Waals surface area contributed by atoms with E-state index in [0.29, 0.717) is 0 Å². The van der Waals surface area contributed by atoms with Crippen molar-refractivity contribution >= 4 is 37.4 Å². The Hall–Kier alpha value is -0.340. The van der Waals surface area contributed by atoms with Gasteiger partial charge < -0.3 is 0 Å². The lowest BCUT2D eigenvalue weighted by molar-refractivity contribution is 1.42. The fraction of sp³-hybridized carbons (Fsp3) is 0.273. The average molecular weight is 255 g/mol. The molecule has 0 spiro atoms. The third-order valence-electron chi connectivity index (χ3n) is 2.31. The van der Waals surface area contributed by atoms with Crippen LogP contribution in [-0.4, -0.2) is 0 Å². The van der Waals surface area contributed by atoms with E-state index in [9.17, 15) is 0 Å². The van der Waals surface area contributed by atoms with Crippen LogP contribution >= 0.6 is 27.3 Å². The van der Waals surface area contributed by atoms with Crippen molar-refractivity contribution in [2.24, 2.45) is 0 Å². The molecule has 0 unspecified atom stereocenters. The molecule has 0 nitrogen and oxygen atoms in total. The summed E-state index contributed by atoms with van der Waals surface area (Å²) >= 11 is 5.41. The van der Waals surface area contributed by atoms with Crippen LogP contribution in [0, 0.1) is 20.8 Å². The molecular formula is C11H11BrS. The fourth-order valence-electron chi connectivity index (χ4n) is 1.76. The van der Waals surface area contributed by atoms with Crippen molar-refractivity contribution in [2.45, 2.75) is 20.8 Å². The van der Waals surface area contributed by atoms with E-state index in [0.717, 1.165) is 0 Å². The number of aryl methyl sites for hydroxylation is 3. The second-order valence-electron chi connectivity index (χ2n) is 3.46. The van der Waals surface area contributed by atoms with Crippen LogP contribution in [-0.2, 0) is 0 Å². The Balaban J connectivity index is 2.94. The zero-order valence-electron chi connectivity index (χ0n) is 7.94. The summed E-state index contributed by atoms with van der Waals surface area (Å²) in [5, 5.41) is 1.42. The van der Waals surface area contributed by atoms with E-state index in [1.165, 1.54) is 30.6 Å². The molecule has 0 radical (unpaired) electrons. The molecule has 0 aliphatic heterocycles. The fourth-order valence-corrected chi connectivity index (χ4v) is 3.59. The molecule has 2 heteroatoms. The number of hydrogen-bond acceptors (Lipinski definition) is 1. The monoisotopic (exact) mass is 254 g/mol. The van der Waals surface area contributed by atoms with E-state index >= 15 is 0 Å². The van der Waals surface area contributed by atoms with Crippen molar-refractivity contribution in [1.29, 1.82) is 0 Å². The van der Waals surface area contributed by atoms with E-state index in [4.69, 9.17) is 0 Å². The lowest BCUT2D eigenvalue weighted by atomic mass is 10.1. The highest BCUT2D eigenvalue weighted by Gasteiger charge is 2.08. The van der Waals surface area contributed by atoms with E-state index in [1.807, 2.05) is 11.3 Å². The highest BCUT2D eigenvalue weighted by atomic mass is 79.9. The maximum Gasteiger partial charge on any atom is 0.0740 e. The Labute approximate surface area is 90.7 Å². The van der Waals surface area contributed by atoms with Crippen molar-refractivity contribution in [3.63, 3.8) is 0 Å². The molecule has 13 heavy (non-hydrogen) atoms. The third-order valence-corrected chi connectivity index (χ3v) is 4.42. The first-order chi connectivity index (χ1) is 6.09. The molecule has 1 heterocycles. The highest BCUT2D eigenvalue weighted by molar-refractivity contribution is 9.11. The lowest BCUT2D eigenvalue weighted by Gasteiger charge is -1.99. The molecule has 0 bridgehead atoms. The second-order valence-corrected chi connectivity index (χ2v) is 5.83. The minimum Gasteiger partial charge on any atom is -0.128 e. The van der Waals surface area contributed by atoms with Gasteiger partial charge in [-0.1, -0.05) is 6.07 Å². The van der Waals surface area contributed by atoms with Gasteiger partial charge in [-0.25, -0.2) is 0 Å². The van der Waals surface area contributed by atoms with E-state index in [-0.39, 0.29) is 0 Å². The molecule has 0 aliphatic carbocycles. The molecule has 0 saturated heterocycles. The predicted octanol–water partition coefficient (Wildman–Crippen LogP) is 4.59. The van der Waals surface area contributed by atoms with E-state index in [2.05, 4.69) is 48.8 Å². The molecule has 0 fully saturated rings. The Bertz CT molecular complexity index is 468. The van der Waals surface area contributed by atoms with Crippen LogP contribution in [0.3, 0.4) is 0 Å². The smallest absolute Gasteiger partial charge is 0.0740 e. The standard InChI is InChI=1S/C11H11BrS/c1-6-4-7(2)10-8(3)11(12)13-9(10)5-6/h4-5H,1-3H3. The topological polar surface area (TPSA) is 0 Å². The first kappa shape index (κ1) is 9.22.